The Morgan fingerprint density at radius 1 is 0.762 bits per heavy atom. The SMILES string of the molecule is Cc1cc(-c2ccc(C)c(C)c2Br)c([Si](C)(C)C)cc1C. The second-order valence-corrected chi connectivity index (χ2v) is 12.9. The summed E-state index contributed by atoms with van der Waals surface area (Å²) in [7, 11) is -1.39. The van der Waals surface area contributed by atoms with Crippen LogP contribution in [0, 0.1) is 27.7 Å². The molecule has 0 saturated carbocycles. The molecule has 2 heteroatoms. The Balaban J connectivity index is 2.81. The van der Waals surface area contributed by atoms with Crippen molar-refractivity contribution in [3.63, 3.8) is 0 Å². The van der Waals surface area contributed by atoms with Crippen molar-refractivity contribution in [1.82, 2.24) is 0 Å². The van der Waals surface area contributed by atoms with Gasteiger partial charge in [-0.15, -0.1) is 0 Å². The lowest BCUT2D eigenvalue weighted by Crippen LogP contribution is -2.39. The first kappa shape index (κ1) is 16.5. The van der Waals surface area contributed by atoms with Crippen molar-refractivity contribution in [2.45, 2.75) is 47.3 Å². The number of rotatable bonds is 2. The molecule has 0 aliphatic rings. The molecular weight excluding hydrogens is 336 g/mol. The van der Waals surface area contributed by atoms with Crippen molar-refractivity contribution in [1.29, 1.82) is 0 Å². The number of halogens is 1. The Bertz CT molecular complexity index is 694. The summed E-state index contributed by atoms with van der Waals surface area (Å²) < 4.78 is 1.24. The van der Waals surface area contributed by atoms with Crippen molar-refractivity contribution in [3.8, 4) is 11.1 Å². The normalized spacial score (nSPS) is 11.8. The third-order valence-corrected chi connectivity index (χ3v) is 7.44. The summed E-state index contributed by atoms with van der Waals surface area (Å²) in [4.78, 5) is 0. The van der Waals surface area contributed by atoms with Crippen molar-refractivity contribution in [2.75, 3.05) is 0 Å². The van der Waals surface area contributed by atoms with Crippen LogP contribution < -0.4 is 5.19 Å². The number of hydrogen-bond donors (Lipinski definition) is 0. The maximum Gasteiger partial charge on any atom is 0.0784 e. The number of aryl methyl sites for hydroxylation is 3. The Morgan fingerprint density at radius 3 is 1.90 bits per heavy atom. The minimum absolute atomic E-state index is 1.24. The number of hydrogen-bond acceptors (Lipinski definition) is 0. The zero-order chi connectivity index (χ0) is 15.9. The standard InChI is InChI=1S/C19H25BrSi/c1-12-8-9-16(19(20)15(12)4)17-10-13(2)14(3)11-18(17)21(5,6)7/h8-11H,1-7H3. The molecule has 0 fully saturated rings. The van der Waals surface area contributed by atoms with E-state index in [1.54, 1.807) is 5.19 Å². The van der Waals surface area contributed by atoms with Gasteiger partial charge in [-0.2, -0.15) is 0 Å². The lowest BCUT2D eigenvalue weighted by atomic mass is 9.97. The highest BCUT2D eigenvalue weighted by molar-refractivity contribution is 9.10. The predicted octanol–water partition coefficient (Wildman–Crippen LogP) is 5.89. The van der Waals surface area contributed by atoms with Gasteiger partial charge in [0.05, 0.1) is 8.07 Å². The Morgan fingerprint density at radius 2 is 1.33 bits per heavy atom. The molecule has 2 rings (SSSR count). The van der Waals surface area contributed by atoms with Crippen LogP contribution in [0.5, 0.6) is 0 Å². The molecule has 0 saturated heterocycles. The highest BCUT2D eigenvalue weighted by Crippen LogP contribution is 2.33. The summed E-state index contributed by atoms with van der Waals surface area (Å²) in [6.45, 7) is 16.1. The fraction of sp³-hybridized carbons (Fsp3) is 0.368. The highest BCUT2D eigenvalue weighted by atomic mass is 79.9. The third-order valence-electron chi connectivity index (χ3n) is 4.39. The molecule has 112 valence electrons. The van der Waals surface area contributed by atoms with E-state index in [2.05, 4.69) is 87.5 Å². The highest BCUT2D eigenvalue weighted by Gasteiger charge is 2.23. The second-order valence-electron chi connectivity index (χ2n) is 7.10. The first-order valence-electron chi connectivity index (χ1n) is 7.50. The lowest BCUT2D eigenvalue weighted by molar-refractivity contribution is 1.31. The van der Waals surface area contributed by atoms with Gasteiger partial charge in [0.15, 0.2) is 0 Å². The van der Waals surface area contributed by atoms with Gasteiger partial charge >= 0.3 is 0 Å². The predicted molar refractivity (Wildman–Crippen MR) is 102 cm³/mol. The lowest BCUT2D eigenvalue weighted by Gasteiger charge is -2.24. The summed E-state index contributed by atoms with van der Waals surface area (Å²) in [6.07, 6.45) is 0. The first-order valence-corrected chi connectivity index (χ1v) is 11.8. The van der Waals surface area contributed by atoms with Crippen molar-refractivity contribution in [2.24, 2.45) is 0 Å². The van der Waals surface area contributed by atoms with Gasteiger partial charge < -0.3 is 0 Å². The Hall–Kier alpha value is -0.863. The largest absolute Gasteiger partial charge is 0.0784 e. The van der Waals surface area contributed by atoms with Gasteiger partial charge in [0, 0.05) is 4.47 Å². The second kappa shape index (κ2) is 5.73. The van der Waals surface area contributed by atoms with Gasteiger partial charge in [0.25, 0.3) is 0 Å². The zero-order valence-corrected chi connectivity index (χ0v) is 16.8. The van der Waals surface area contributed by atoms with E-state index in [1.165, 1.54) is 37.9 Å². The van der Waals surface area contributed by atoms with Crippen LogP contribution in [-0.4, -0.2) is 8.07 Å². The van der Waals surface area contributed by atoms with E-state index in [0.717, 1.165) is 0 Å². The van der Waals surface area contributed by atoms with Crippen molar-refractivity contribution in [3.05, 3.63) is 51.0 Å². The maximum atomic E-state index is 3.83. The van der Waals surface area contributed by atoms with Crippen LogP contribution in [-0.2, 0) is 0 Å². The molecule has 0 heterocycles. The fourth-order valence-corrected chi connectivity index (χ4v) is 4.97. The van der Waals surface area contributed by atoms with Gasteiger partial charge in [-0.25, -0.2) is 0 Å². The van der Waals surface area contributed by atoms with E-state index in [9.17, 15) is 0 Å². The molecule has 0 nitrogen and oxygen atoms in total. The van der Waals surface area contributed by atoms with Gasteiger partial charge in [0.1, 0.15) is 0 Å². The van der Waals surface area contributed by atoms with Crippen LogP contribution in [0.3, 0.4) is 0 Å². The molecule has 21 heavy (non-hydrogen) atoms. The van der Waals surface area contributed by atoms with Crippen LogP contribution in [0.1, 0.15) is 22.3 Å². The van der Waals surface area contributed by atoms with Gasteiger partial charge in [-0.3, -0.25) is 0 Å². The minimum atomic E-state index is -1.39. The molecule has 0 aliphatic heterocycles. The van der Waals surface area contributed by atoms with Crippen molar-refractivity contribution >= 4 is 29.2 Å². The summed E-state index contributed by atoms with van der Waals surface area (Å²) in [5, 5.41) is 1.55. The van der Waals surface area contributed by atoms with E-state index in [4.69, 9.17) is 0 Å². The number of benzene rings is 2. The molecule has 0 bridgehead atoms. The topological polar surface area (TPSA) is 0 Å². The molecule has 2 aromatic rings. The van der Waals surface area contributed by atoms with Crippen LogP contribution in [0.25, 0.3) is 11.1 Å². The van der Waals surface area contributed by atoms with Crippen LogP contribution >= 0.6 is 15.9 Å². The van der Waals surface area contributed by atoms with Gasteiger partial charge in [-0.05, 0) is 77.0 Å². The summed E-state index contributed by atoms with van der Waals surface area (Å²) >= 11 is 3.83. The monoisotopic (exact) mass is 360 g/mol. The molecule has 0 N–H and O–H groups in total. The molecule has 0 aliphatic carbocycles. The molecule has 0 unspecified atom stereocenters. The first-order chi connectivity index (χ1) is 9.62. The average Bonchev–Trinajstić information content (AvgIpc) is 2.38. The molecule has 0 aromatic heterocycles. The summed E-state index contributed by atoms with van der Waals surface area (Å²) in [5.74, 6) is 0. The summed E-state index contributed by atoms with van der Waals surface area (Å²) in [5.41, 5.74) is 8.19. The fourth-order valence-electron chi connectivity index (χ4n) is 2.65. The van der Waals surface area contributed by atoms with Gasteiger partial charge in [-0.1, -0.05) is 49.1 Å². The average molecular weight is 361 g/mol. The Kier molecular flexibility index (Phi) is 4.51. The quantitative estimate of drug-likeness (QED) is 0.585. The molecular formula is C19H25BrSi. The van der Waals surface area contributed by atoms with Crippen molar-refractivity contribution < 1.29 is 0 Å². The van der Waals surface area contributed by atoms with E-state index in [0.29, 0.717) is 0 Å². The molecule has 0 amide bonds. The van der Waals surface area contributed by atoms with Gasteiger partial charge in [0.2, 0.25) is 0 Å². The molecule has 0 spiro atoms. The third kappa shape index (κ3) is 3.17. The van der Waals surface area contributed by atoms with E-state index in [1.807, 2.05) is 0 Å². The Labute approximate surface area is 138 Å². The smallest absolute Gasteiger partial charge is 0.0656 e. The maximum absolute atomic E-state index is 3.83. The van der Waals surface area contributed by atoms with Crippen LogP contribution in [0.2, 0.25) is 19.6 Å². The molecule has 2 aromatic carbocycles. The summed E-state index contributed by atoms with van der Waals surface area (Å²) in [6, 6.07) is 9.29. The minimum Gasteiger partial charge on any atom is -0.0656 e. The van der Waals surface area contributed by atoms with Crippen LogP contribution in [0.15, 0.2) is 28.7 Å². The van der Waals surface area contributed by atoms with E-state index >= 15 is 0 Å². The molecule has 0 atom stereocenters. The van der Waals surface area contributed by atoms with E-state index < -0.39 is 8.07 Å². The van der Waals surface area contributed by atoms with E-state index in [-0.39, 0.29) is 0 Å². The zero-order valence-electron chi connectivity index (χ0n) is 14.2. The molecule has 0 radical (unpaired) electrons. The van der Waals surface area contributed by atoms with Crippen LogP contribution in [0.4, 0.5) is 0 Å².